The van der Waals surface area contributed by atoms with Gasteiger partial charge in [-0.05, 0) is 29.0 Å². The minimum Gasteiger partial charge on any atom is -0.384 e. The van der Waals surface area contributed by atoms with Crippen LogP contribution in [0.5, 0.6) is 0 Å². The predicted molar refractivity (Wildman–Crippen MR) is 144 cm³/mol. The molecule has 2 heterocycles. The molecule has 1 aliphatic carbocycles. The van der Waals surface area contributed by atoms with Crippen LogP contribution in [0, 0.1) is 16.7 Å². The zero-order valence-corrected chi connectivity index (χ0v) is 22.8. The number of thioether (sulfide) groups is 1. The second kappa shape index (κ2) is 10.2. The van der Waals surface area contributed by atoms with Crippen molar-refractivity contribution in [2.24, 2.45) is 11.1 Å². The van der Waals surface area contributed by atoms with Crippen molar-refractivity contribution in [1.29, 1.82) is 5.26 Å². The molecule has 200 valence electrons. The summed E-state index contributed by atoms with van der Waals surface area (Å²) in [6.07, 6.45) is -3.53. The van der Waals surface area contributed by atoms with Crippen molar-refractivity contribution in [3.8, 4) is 6.07 Å². The van der Waals surface area contributed by atoms with E-state index in [1.165, 1.54) is 29.2 Å². The summed E-state index contributed by atoms with van der Waals surface area (Å²) in [6.45, 7) is 4.03. The summed E-state index contributed by atoms with van der Waals surface area (Å²) in [4.78, 5) is 15.2. The number of alkyl halides is 3. The van der Waals surface area contributed by atoms with Gasteiger partial charge in [0.25, 0.3) is 0 Å². The van der Waals surface area contributed by atoms with E-state index >= 15 is 0 Å². The van der Waals surface area contributed by atoms with E-state index in [2.05, 4.69) is 16.3 Å². The minimum atomic E-state index is -4.42. The number of hydrogen-bond acceptors (Lipinski definition) is 8. The molecule has 6 nitrogen and oxygen atoms in total. The molecule has 39 heavy (non-hydrogen) atoms. The maximum atomic E-state index is 13.6. The zero-order valence-electron chi connectivity index (χ0n) is 21.1. The molecule has 1 unspecified atom stereocenters. The molecule has 2 N–H and O–H groups in total. The first-order chi connectivity index (χ1) is 18.5. The number of carbonyl (C=O) groups excluding carboxylic acids is 1. The van der Waals surface area contributed by atoms with Gasteiger partial charge in [0, 0.05) is 23.4 Å². The van der Waals surface area contributed by atoms with Crippen LogP contribution in [0.2, 0.25) is 0 Å². The van der Waals surface area contributed by atoms with Crippen LogP contribution >= 0.6 is 23.1 Å². The Labute approximate surface area is 232 Å². The molecule has 2 aliphatic rings. The van der Waals surface area contributed by atoms with Crippen molar-refractivity contribution in [3.05, 3.63) is 94.0 Å². The van der Waals surface area contributed by atoms with Crippen molar-refractivity contribution >= 4 is 34.0 Å². The summed E-state index contributed by atoms with van der Waals surface area (Å²) in [6, 6.07) is 16.8. The van der Waals surface area contributed by atoms with Gasteiger partial charge in [-0.15, -0.1) is 10.2 Å². The van der Waals surface area contributed by atoms with E-state index in [1.807, 2.05) is 44.2 Å². The number of Topliss-reactive ketones (excluding diaryl/α,β-unsaturated/α-hetero) is 1. The van der Waals surface area contributed by atoms with Gasteiger partial charge in [-0.25, -0.2) is 0 Å². The van der Waals surface area contributed by atoms with E-state index in [9.17, 15) is 23.2 Å². The third-order valence-corrected chi connectivity index (χ3v) is 8.83. The Morgan fingerprint density at radius 3 is 2.59 bits per heavy atom. The molecule has 1 aliphatic heterocycles. The summed E-state index contributed by atoms with van der Waals surface area (Å²) < 4.78 is 39.8. The second-order valence-electron chi connectivity index (χ2n) is 10.2. The number of allylic oxidation sites excluding steroid dienone is 3. The molecule has 0 saturated heterocycles. The Balaban J connectivity index is 1.51. The van der Waals surface area contributed by atoms with Gasteiger partial charge in [-0.1, -0.05) is 85.5 Å². The highest BCUT2D eigenvalue weighted by Crippen LogP contribution is 2.50. The molecule has 0 bridgehead atoms. The van der Waals surface area contributed by atoms with Gasteiger partial charge in [0.05, 0.1) is 23.1 Å². The van der Waals surface area contributed by atoms with Crippen LogP contribution in [-0.2, 0) is 16.7 Å². The number of aromatic nitrogens is 2. The van der Waals surface area contributed by atoms with Gasteiger partial charge in [-0.2, -0.15) is 18.4 Å². The molecule has 5 rings (SSSR count). The molecule has 0 fully saturated rings. The van der Waals surface area contributed by atoms with E-state index < -0.39 is 17.7 Å². The maximum absolute atomic E-state index is 13.6. The van der Waals surface area contributed by atoms with Gasteiger partial charge in [0.1, 0.15) is 5.82 Å². The molecule has 0 saturated carbocycles. The topological polar surface area (TPSA) is 95.9 Å². The van der Waals surface area contributed by atoms with Gasteiger partial charge < -0.3 is 5.73 Å². The van der Waals surface area contributed by atoms with Crippen LogP contribution in [0.3, 0.4) is 0 Å². The Hall–Kier alpha value is -3.62. The Kier molecular flexibility index (Phi) is 7.03. The van der Waals surface area contributed by atoms with Gasteiger partial charge >= 0.3 is 6.18 Å². The first kappa shape index (κ1) is 27.0. The van der Waals surface area contributed by atoms with Crippen molar-refractivity contribution in [2.75, 3.05) is 4.90 Å². The molecule has 0 amide bonds. The smallest absolute Gasteiger partial charge is 0.384 e. The number of nitrogens with two attached hydrogens (primary N) is 1. The first-order valence-electron chi connectivity index (χ1n) is 12.1. The van der Waals surface area contributed by atoms with E-state index in [4.69, 9.17) is 5.73 Å². The fraction of sp³-hybridized carbons (Fsp3) is 0.286. The quantitative estimate of drug-likeness (QED) is 0.339. The van der Waals surface area contributed by atoms with E-state index in [1.54, 1.807) is 11.0 Å². The first-order valence-corrected chi connectivity index (χ1v) is 13.9. The third kappa shape index (κ3) is 5.31. The van der Waals surface area contributed by atoms with Crippen molar-refractivity contribution in [3.63, 3.8) is 0 Å². The van der Waals surface area contributed by atoms with Crippen molar-refractivity contribution < 1.29 is 18.0 Å². The highest BCUT2D eigenvalue weighted by molar-refractivity contribution is 8.00. The Morgan fingerprint density at radius 2 is 1.90 bits per heavy atom. The summed E-state index contributed by atoms with van der Waals surface area (Å²) >= 11 is 2.47. The van der Waals surface area contributed by atoms with Crippen LogP contribution < -0.4 is 10.6 Å². The number of nitriles is 1. The van der Waals surface area contributed by atoms with Crippen LogP contribution in [0.25, 0.3) is 0 Å². The van der Waals surface area contributed by atoms with Crippen molar-refractivity contribution in [1.82, 2.24) is 10.2 Å². The molecule has 3 aromatic rings. The number of nitrogens with zero attached hydrogens (tertiary/aromatic N) is 4. The summed E-state index contributed by atoms with van der Waals surface area (Å²) in [5.74, 6) is -0.151. The Bertz CT molecular complexity index is 1540. The molecule has 0 radical (unpaired) electrons. The number of benzene rings is 2. The highest BCUT2D eigenvalue weighted by Gasteiger charge is 2.45. The normalized spacial score (nSPS) is 19.2. The average molecular weight is 568 g/mol. The monoisotopic (exact) mass is 567 g/mol. The summed E-state index contributed by atoms with van der Waals surface area (Å²) in [5, 5.41) is 19.1. The van der Waals surface area contributed by atoms with Crippen molar-refractivity contribution in [2.45, 2.75) is 48.9 Å². The number of anilines is 1. The van der Waals surface area contributed by atoms with Crippen LogP contribution in [-0.4, -0.2) is 16.0 Å². The largest absolute Gasteiger partial charge is 0.416 e. The molecule has 1 aromatic heterocycles. The molecule has 0 spiro atoms. The molecular formula is C28H24F3N5OS2. The number of rotatable bonds is 5. The average Bonchev–Trinajstić information content (AvgIpc) is 3.34. The number of carbonyl (C=O) groups is 1. The van der Waals surface area contributed by atoms with Crippen LogP contribution in [0.15, 0.2) is 81.6 Å². The van der Waals surface area contributed by atoms with E-state index in [-0.39, 0.29) is 28.3 Å². The molecule has 2 aromatic carbocycles. The fourth-order valence-corrected chi connectivity index (χ4v) is 6.86. The molecular weight excluding hydrogens is 543 g/mol. The summed E-state index contributed by atoms with van der Waals surface area (Å²) in [7, 11) is 0. The van der Waals surface area contributed by atoms with Crippen LogP contribution in [0.1, 0.15) is 49.3 Å². The summed E-state index contributed by atoms with van der Waals surface area (Å²) in [5.41, 5.74) is 8.42. The van der Waals surface area contributed by atoms with E-state index in [0.29, 0.717) is 39.1 Å². The fourth-order valence-electron chi connectivity index (χ4n) is 5.04. The highest BCUT2D eigenvalue weighted by atomic mass is 32.2. The molecule has 11 heteroatoms. The second-order valence-corrected chi connectivity index (χ2v) is 12.4. The standard InChI is InChI=1S/C28H24F3N5OS2/c1-27(2)12-20-23(21(37)13-27)22(17-8-4-3-5-9-17)19(14-32)24(33)36(20)25-34-35-26(39-25)38-15-16-7-6-10-18(11-16)28(29,30)31/h3-11,22H,12-13,15,33H2,1-2H3. The lowest BCUT2D eigenvalue weighted by atomic mass is 9.69. The SMILES string of the molecule is CC1(C)CC(=O)C2=C(C1)N(c1nnc(SCc3cccc(C(F)(F)F)c3)s1)C(N)=C(C#N)C2c1ccccc1. The predicted octanol–water partition coefficient (Wildman–Crippen LogP) is 6.79. The number of halogens is 3. The number of hydrogen-bond donors (Lipinski definition) is 1. The molecule has 1 atom stereocenters. The third-order valence-electron chi connectivity index (χ3n) is 6.72. The van der Waals surface area contributed by atoms with Crippen LogP contribution in [0.4, 0.5) is 18.3 Å². The lowest BCUT2D eigenvalue weighted by Crippen LogP contribution is -2.42. The minimum absolute atomic E-state index is 0.0380. The lowest BCUT2D eigenvalue weighted by Gasteiger charge is -2.42. The van der Waals surface area contributed by atoms with Gasteiger partial charge in [0.15, 0.2) is 10.1 Å². The maximum Gasteiger partial charge on any atom is 0.416 e. The van der Waals surface area contributed by atoms with Gasteiger partial charge in [-0.3, -0.25) is 9.69 Å². The lowest BCUT2D eigenvalue weighted by molar-refractivity contribution is -0.137. The van der Waals surface area contributed by atoms with E-state index in [0.717, 1.165) is 17.7 Å². The zero-order chi connectivity index (χ0) is 27.9. The number of ketones is 1. The Morgan fingerprint density at radius 1 is 1.15 bits per heavy atom. The van der Waals surface area contributed by atoms with Gasteiger partial charge in [0.2, 0.25) is 5.13 Å².